The van der Waals surface area contributed by atoms with Crippen molar-refractivity contribution >= 4 is 0 Å². The summed E-state index contributed by atoms with van der Waals surface area (Å²) in [4.78, 5) is 12.7. The Kier molecular flexibility index (Phi) is 5.35. The van der Waals surface area contributed by atoms with E-state index in [0.29, 0.717) is 0 Å². The van der Waals surface area contributed by atoms with Gasteiger partial charge in [0.25, 0.3) is 0 Å². The summed E-state index contributed by atoms with van der Waals surface area (Å²) in [7, 11) is 0. The van der Waals surface area contributed by atoms with Gasteiger partial charge < -0.3 is 0 Å². The number of nitrogens with zero attached hydrogens (tertiary/aromatic N) is 1. The highest BCUT2D eigenvalue weighted by Gasteiger charge is 2.21. The maximum atomic E-state index is 5.27. The second-order valence-electron chi connectivity index (χ2n) is 3.55. The van der Waals surface area contributed by atoms with Crippen LogP contribution >= 0.6 is 0 Å². The molecular formula is C10H21NO2. The van der Waals surface area contributed by atoms with E-state index in [4.69, 9.17) is 9.78 Å². The minimum atomic E-state index is 0.202. The molecule has 0 spiro atoms. The van der Waals surface area contributed by atoms with Crippen molar-refractivity contribution in [3.8, 4) is 0 Å². The van der Waals surface area contributed by atoms with Gasteiger partial charge in [0.05, 0.1) is 6.61 Å². The number of hydrogen-bond acceptors (Lipinski definition) is 3. The molecule has 13 heavy (non-hydrogen) atoms. The first kappa shape index (κ1) is 11.0. The van der Waals surface area contributed by atoms with Crippen molar-refractivity contribution in [2.75, 3.05) is 19.7 Å². The second-order valence-corrected chi connectivity index (χ2v) is 3.55. The second kappa shape index (κ2) is 6.35. The van der Waals surface area contributed by atoms with Gasteiger partial charge in [-0.05, 0) is 25.7 Å². The van der Waals surface area contributed by atoms with Crippen LogP contribution in [-0.2, 0) is 9.78 Å². The molecule has 0 aromatic carbocycles. The SMILES string of the molecule is CCCN(CCC)C1CCCOO1. The van der Waals surface area contributed by atoms with Crippen LogP contribution in [0.15, 0.2) is 0 Å². The van der Waals surface area contributed by atoms with Gasteiger partial charge in [-0.1, -0.05) is 13.8 Å². The predicted octanol–water partition coefficient (Wildman–Crippen LogP) is 2.18. The normalized spacial score (nSPS) is 23.8. The molecule has 3 nitrogen and oxygen atoms in total. The van der Waals surface area contributed by atoms with Gasteiger partial charge in [0, 0.05) is 13.1 Å². The molecule has 0 amide bonds. The molecule has 1 aliphatic rings. The van der Waals surface area contributed by atoms with Crippen molar-refractivity contribution in [3.05, 3.63) is 0 Å². The summed E-state index contributed by atoms with van der Waals surface area (Å²) in [5, 5.41) is 0. The molecule has 1 rings (SSSR count). The average Bonchev–Trinajstić information content (AvgIpc) is 2.19. The summed E-state index contributed by atoms with van der Waals surface area (Å²) in [5.41, 5.74) is 0. The van der Waals surface area contributed by atoms with Crippen LogP contribution in [0.3, 0.4) is 0 Å². The van der Waals surface area contributed by atoms with E-state index in [9.17, 15) is 0 Å². The molecule has 0 saturated carbocycles. The third-order valence-electron chi connectivity index (χ3n) is 2.29. The minimum Gasteiger partial charge on any atom is -0.276 e. The first-order valence-electron chi connectivity index (χ1n) is 5.40. The van der Waals surface area contributed by atoms with Gasteiger partial charge in [-0.25, -0.2) is 9.78 Å². The lowest BCUT2D eigenvalue weighted by Crippen LogP contribution is -2.40. The Labute approximate surface area is 80.9 Å². The van der Waals surface area contributed by atoms with Crippen molar-refractivity contribution in [2.24, 2.45) is 0 Å². The minimum absolute atomic E-state index is 0.202. The fourth-order valence-electron chi connectivity index (χ4n) is 1.71. The fourth-order valence-corrected chi connectivity index (χ4v) is 1.71. The summed E-state index contributed by atoms with van der Waals surface area (Å²) in [5.74, 6) is 0. The van der Waals surface area contributed by atoms with Gasteiger partial charge in [0.2, 0.25) is 0 Å². The van der Waals surface area contributed by atoms with E-state index in [1.54, 1.807) is 0 Å². The topological polar surface area (TPSA) is 21.7 Å². The zero-order chi connectivity index (χ0) is 9.52. The fraction of sp³-hybridized carbons (Fsp3) is 1.00. The van der Waals surface area contributed by atoms with E-state index in [1.807, 2.05) is 0 Å². The smallest absolute Gasteiger partial charge is 0.146 e. The Hall–Kier alpha value is -0.120. The van der Waals surface area contributed by atoms with Gasteiger partial charge >= 0.3 is 0 Å². The van der Waals surface area contributed by atoms with Crippen molar-refractivity contribution in [3.63, 3.8) is 0 Å². The maximum Gasteiger partial charge on any atom is 0.146 e. The zero-order valence-electron chi connectivity index (χ0n) is 8.79. The Morgan fingerprint density at radius 2 is 1.92 bits per heavy atom. The molecular weight excluding hydrogens is 166 g/mol. The van der Waals surface area contributed by atoms with Crippen LogP contribution in [0.1, 0.15) is 39.5 Å². The third kappa shape index (κ3) is 3.63. The van der Waals surface area contributed by atoms with Crippen LogP contribution < -0.4 is 0 Å². The van der Waals surface area contributed by atoms with Gasteiger partial charge in [-0.15, -0.1) is 0 Å². The highest BCUT2D eigenvalue weighted by atomic mass is 17.2. The van der Waals surface area contributed by atoms with Gasteiger partial charge in [0.15, 0.2) is 0 Å². The molecule has 0 N–H and O–H groups in total. The lowest BCUT2D eigenvalue weighted by atomic mass is 10.2. The highest BCUT2D eigenvalue weighted by molar-refractivity contribution is 4.63. The van der Waals surface area contributed by atoms with Crippen molar-refractivity contribution < 1.29 is 9.78 Å². The molecule has 1 fully saturated rings. The van der Waals surface area contributed by atoms with Crippen molar-refractivity contribution in [2.45, 2.75) is 45.8 Å². The standard InChI is InChI=1S/C10H21NO2/c1-3-7-11(8-4-2)10-6-5-9-12-13-10/h10H,3-9H2,1-2H3. The Bertz CT molecular complexity index is 118. The molecule has 0 aromatic rings. The molecule has 3 heteroatoms. The average molecular weight is 187 g/mol. The van der Waals surface area contributed by atoms with Crippen LogP contribution in [0, 0.1) is 0 Å². The maximum absolute atomic E-state index is 5.27. The van der Waals surface area contributed by atoms with E-state index >= 15 is 0 Å². The van der Waals surface area contributed by atoms with Crippen molar-refractivity contribution in [1.82, 2.24) is 4.90 Å². The first-order valence-corrected chi connectivity index (χ1v) is 5.40. The lowest BCUT2D eigenvalue weighted by molar-refractivity contribution is -0.372. The van der Waals surface area contributed by atoms with E-state index in [-0.39, 0.29) is 6.23 Å². The van der Waals surface area contributed by atoms with Crippen LogP contribution in [0.4, 0.5) is 0 Å². The van der Waals surface area contributed by atoms with Crippen LogP contribution in [0.25, 0.3) is 0 Å². The molecule has 0 aliphatic carbocycles. The van der Waals surface area contributed by atoms with Crippen molar-refractivity contribution in [1.29, 1.82) is 0 Å². The molecule has 78 valence electrons. The molecule has 1 heterocycles. The first-order chi connectivity index (χ1) is 6.38. The predicted molar refractivity (Wildman–Crippen MR) is 52.2 cm³/mol. The van der Waals surface area contributed by atoms with Crippen LogP contribution in [-0.4, -0.2) is 30.8 Å². The molecule has 0 bridgehead atoms. The zero-order valence-corrected chi connectivity index (χ0v) is 8.79. The Morgan fingerprint density at radius 3 is 2.38 bits per heavy atom. The van der Waals surface area contributed by atoms with Gasteiger partial charge in [0.1, 0.15) is 6.23 Å². The highest BCUT2D eigenvalue weighted by Crippen LogP contribution is 2.15. The van der Waals surface area contributed by atoms with Gasteiger partial charge in [-0.2, -0.15) is 0 Å². The molecule has 1 atom stereocenters. The summed E-state index contributed by atoms with van der Waals surface area (Å²) < 4.78 is 0. The largest absolute Gasteiger partial charge is 0.276 e. The quantitative estimate of drug-likeness (QED) is 0.616. The third-order valence-corrected chi connectivity index (χ3v) is 2.29. The van der Waals surface area contributed by atoms with E-state index in [1.165, 1.54) is 12.8 Å². The summed E-state index contributed by atoms with van der Waals surface area (Å²) >= 11 is 0. The van der Waals surface area contributed by atoms with E-state index in [0.717, 1.165) is 32.5 Å². The Morgan fingerprint density at radius 1 is 1.23 bits per heavy atom. The number of rotatable bonds is 5. The molecule has 0 aromatic heterocycles. The monoisotopic (exact) mass is 187 g/mol. The van der Waals surface area contributed by atoms with Gasteiger partial charge in [-0.3, -0.25) is 4.90 Å². The van der Waals surface area contributed by atoms with E-state index in [2.05, 4.69) is 18.7 Å². The van der Waals surface area contributed by atoms with Crippen LogP contribution in [0.5, 0.6) is 0 Å². The molecule has 0 radical (unpaired) electrons. The van der Waals surface area contributed by atoms with E-state index < -0.39 is 0 Å². The molecule has 1 unspecified atom stereocenters. The summed E-state index contributed by atoms with van der Waals surface area (Å²) in [6, 6.07) is 0. The number of hydrogen-bond donors (Lipinski definition) is 0. The summed E-state index contributed by atoms with van der Waals surface area (Å²) in [6.07, 6.45) is 4.79. The lowest BCUT2D eigenvalue weighted by Gasteiger charge is -2.32. The van der Waals surface area contributed by atoms with Crippen LogP contribution in [0.2, 0.25) is 0 Å². The Balaban J connectivity index is 2.32. The molecule has 1 saturated heterocycles. The summed E-state index contributed by atoms with van der Waals surface area (Å²) in [6.45, 7) is 7.38. The molecule has 1 aliphatic heterocycles.